The van der Waals surface area contributed by atoms with Crippen LogP contribution in [0.5, 0.6) is 5.75 Å². The van der Waals surface area contributed by atoms with Gasteiger partial charge in [-0.3, -0.25) is 0 Å². The van der Waals surface area contributed by atoms with Crippen LogP contribution in [0.3, 0.4) is 0 Å². The molecule has 0 heterocycles. The Hall–Kier alpha value is -1.80. The summed E-state index contributed by atoms with van der Waals surface area (Å²) in [5, 5.41) is 6.74. The summed E-state index contributed by atoms with van der Waals surface area (Å²) in [6.45, 7) is 7.42. The molecule has 0 fully saturated rings. The van der Waals surface area contributed by atoms with E-state index in [0.29, 0.717) is 6.54 Å². The van der Waals surface area contributed by atoms with E-state index in [0.717, 1.165) is 43.3 Å². The minimum atomic E-state index is 0. The number of guanidine groups is 1. The molecular weight excluding hydrogens is 475 g/mol. The lowest BCUT2D eigenvalue weighted by Gasteiger charge is -2.13. The number of halogens is 1. The second-order valence-electron chi connectivity index (χ2n) is 7.23. The maximum atomic E-state index is 5.41. The molecule has 0 spiro atoms. The van der Waals surface area contributed by atoms with Crippen LogP contribution >= 0.6 is 24.0 Å². The Morgan fingerprint density at radius 1 is 1.00 bits per heavy atom. The normalized spacial score (nSPS) is 11.2. The summed E-state index contributed by atoms with van der Waals surface area (Å²) >= 11 is 0. The summed E-state index contributed by atoms with van der Waals surface area (Å²) in [7, 11) is 5.88. The molecule has 0 bridgehead atoms. The molecule has 2 rings (SSSR count). The van der Waals surface area contributed by atoms with Crippen LogP contribution in [0.2, 0.25) is 0 Å². The van der Waals surface area contributed by atoms with E-state index in [1.165, 1.54) is 16.7 Å². The van der Waals surface area contributed by atoms with Gasteiger partial charge < -0.3 is 20.3 Å². The van der Waals surface area contributed by atoms with Crippen molar-refractivity contribution >= 4 is 29.9 Å². The second kappa shape index (κ2) is 13.4. The van der Waals surface area contributed by atoms with Gasteiger partial charge in [-0.05, 0) is 62.7 Å². The van der Waals surface area contributed by atoms with E-state index in [-0.39, 0.29) is 24.0 Å². The molecule has 0 aliphatic heterocycles. The molecule has 0 aliphatic rings. The van der Waals surface area contributed by atoms with Gasteiger partial charge in [0, 0.05) is 19.6 Å². The minimum Gasteiger partial charge on any atom is -0.496 e. The molecule has 0 unspecified atom stereocenters. The SMILES string of the molecule is CCNC(=NCc1ccc(CN(C)C)cc1)NCCc1ccc(C)c(OC)c1.I. The molecule has 160 valence electrons. The lowest BCUT2D eigenvalue weighted by molar-refractivity contribution is 0.402. The van der Waals surface area contributed by atoms with Crippen molar-refractivity contribution in [1.29, 1.82) is 0 Å². The van der Waals surface area contributed by atoms with Crippen LogP contribution in [0.1, 0.15) is 29.2 Å². The monoisotopic (exact) mass is 510 g/mol. The Morgan fingerprint density at radius 3 is 2.28 bits per heavy atom. The molecule has 6 heteroatoms. The number of rotatable bonds is 9. The van der Waals surface area contributed by atoms with E-state index in [1.807, 2.05) is 0 Å². The second-order valence-corrected chi connectivity index (χ2v) is 7.23. The zero-order valence-electron chi connectivity index (χ0n) is 18.3. The molecule has 29 heavy (non-hydrogen) atoms. The zero-order valence-corrected chi connectivity index (χ0v) is 20.6. The first-order chi connectivity index (χ1) is 13.5. The van der Waals surface area contributed by atoms with Gasteiger partial charge in [-0.15, -0.1) is 24.0 Å². The average molecular weight is 510 g/mol. The number of hydrogen-bond acceptors (Lipinski definition) is 3. The summed E-state index contributed by atoms with van der Waals surface area (Å²) in [5.74, 6) is 1.79. The Labute approximate surface area is 193 Å². The average Bonchev–Trinajstić information content (AvgIpc) is 2.68. The molecular formula is C23H35IN4O. The van der Waals surface area contributed by atoms with Crippen LogP contribution in [-0.2, 0) is 19.5 Å². The van der Waals surface area contributed by atoms with Crippen LogP contribution in [0, 0.1) is 6.92 Å². The van der Waals surface area contributed by atoms with Gasteiger partial charge >= 0.3 is 0 Å². The minimum absolute atomic E-state index is 0. The van der Waals surface area contributed by atoms with Gasteiger partial charge in [0.25, 0.3) is 0 Å². The summed E-state index contributed by atoms with van der Waals surface area (Å²) in [6, 6.07) is 15.0. The van der Waals surface area contributed by atoms with Crippen molar-refractivity contribution < 1.29 is 4.74 Å². The number of methoxy groups -OCH3 is 1. The fourth-order valence-corrected chi connectivity index (χ4v) is 2.97. The summed E-state index contributed by atoms with van der Waals surface area (Å²) in [5.41, 5.74) is 4.94. The Balaban J connectivity index is 0.00000420. The molecule has 0 atom stereocenters. The highest BCUT2D eigenvalue weighted by atomic mass is 127. The van der Waals surface area contributed by atoms with E-state index in [1.54, 1.807) is 7.11 Å². The quantitative estimate of drug-likeness (QED) is 0.305. The van der Waals surface area contributed by atoms with E-state index in [2.05, 4.69) is 85.9 Å². The fourth-order valence-electron chi connectivity index (χ4n) is 2.97. The van der Waals surface area contributed by atoms with E-state index in [9.17, 15) is 0 Å². The molecule has 0 aliphatic carbocycles. The standard InChI is InChI=1S/C23H34N4O.HI/c1-6-24-23(25-14-13-19-8-7-18(2)22(15-19)28-5)26-16-20-9-11-21(12-10-20)17-27(3)4;/h7-12,15H,6,13-14,16-17H2,1-5H3,(H2,24,25,26);1H. The van der Waals surface area contributed by atoms with Gasteiger partial charge in [0.1, 0.15) is 5.75 Å². The van der Waals surface area contributed by atoms with Crippen LogP contribution < -0.4 is 15.4 Å². The largest absolute Gasteiger partial charge is 0.496 e. The highest BCUT2D eigenvalue weighted by molar-refractivity contribution is 14.0. The first-order valence-electron chi connectivity index (χ1n) is 9.90. The fraction of sp³-hybridized carbons (Fsp3) is 0.435. The topological polar surface area (TPSA) is 48.9 Å². The smallest absolute Gasteiger partial charge is 0.191 e. The first kappa shape index (κ1) is 25.2. The number of aryl methyl sites for hydroxylation is 1. The maximum absolute atomic E-state index is 5.41. The van der Waals surface area contributed by atoms with E-state index >= 15 is 0 Å². The van der Waals surface area contributed by atoms with Gasteiger partial charge in [0.15, 0.2) is 5.96 Å². The molecule has 0 saturated heterocycles. The van der Waals surface area contributed by atoms with Crippen molar-refractivity contribution in [1.82, 2.24) is 15.5 Å². The molecule has 0 saturated carbocycles. The zero-order chi connectivity index (χ0) is 20.4. The summed E-state index contributed by atoms with van der Waals surface area (Å²) in [6.07, 6.45) is 0.917. The summed E-state index contributed by atoms with van der Waals surface area (Å²) in [4.78, 5) is 6.88. The molecule has 0 aromatic heterocycles. The third-order valence-electron chi connectivity index (χ3n) is 4.46. The van der Waals surface area contributed by atoms with E-state index in [4.69, 9.17) is 9.73 Å². The van der Waals surface area contributed by atoms with Crippen LogP contribution in [0.15, 0.2) is 47.5 Å². The molecule has 5 nitrogen and oxygen atoms in total. The van der Waals surface area contributed by atoms with Gasteiger partial charge in [-0.25, -0.2) is 4.99 Å². The van der Waals surface area contributed by atoms with Crippen LogP contribution in [0.4, 0.5) is 0 Å². The number of aliphatic imine (C=N–C) groups is 1. The molecule has 2 aromatic rings. The third-order valence-corrected chi connectivity index (χ3v) is 4.46. The number of ether oxygens (including phenoxy) is 1. The van der Waals surface area contributed by atoms with Crippen molar-refractivity contribution in [2.75, 3.05) is 34.3 Å². The van der Waals surface area contributed by atoms with Crippen molar-refractivity contribution in [3.63, 3.8) is 0 Å². The van der Waals surface area contributed by atoms with Crippen molar-refractivity contribution in [3.8, 4) is 5.75 Å². The number of hydrogen-bond donors (Lipinski definition) is 2. The molecule has 0 amide bonds. The third kappa shape index (κ3) is 9.04. The van der Waals surface area contributed by atoms with Gasteiger partial charge in [0.2, 0.25) is 0 Å². The molecule has 2 N–H and O–H groups in total. The summed E-state index contributed by atoms with van der Waals surface area (Å²) < 4.78 is 5.41. The maximum Gasteiger partial charge on any atom is 0.191 e. The molecule has 2 aromatic carbocycles. The highest BCUT2D eigenvalue weighted by Crippen LogP contribution is 2.19. The lowest BCUT2D eigenvalue weighted by Crippen LogP contribution is -2.38. The van der Waals surface area contributed by atoms with Gasteiger partial charge in [-0.2, -0.15) is 0 Å². The predicted octanol–water partition coefficient (Wildman–Crippen LogP) is 3.98. The first-order valence-corrected chi connectivity index (χ1v) is 9.90. The Morgan fingerprint density at radius 2 is 1.66 bits per heavy atom. The lowest BCUT2D eigenvalue weighted by atomic mass is 10.1. The van der Waals surface area contributed by atoms with Gasteiger partial charge in [-0.1, -0.05) is 36.4 Å². The van der Waals surface area contributed by atoms with Crippen molar-refractivity contribution in [2.24, 2.45) is 4.99 Å². The van der Waals surface area contributed by atoms with Crippen LogP contribution in [-0.4, -0.2) is 45.2 Å². The van der Waals surface area contributed by atoms with Gasteiger partial charge in [0.05, 0.1) is 13.7 Å². The number of nitrogens with one attached hydrogen (secondary N) is 2. The van der Waals surface area contributed by atoms with Crippen LogP contribution in [0.25, 0.3) is 0 Å². The van der Waals surface area contributed by atoms with E-state index < -0.39 is 0 Å². The Bertz CT molecular complexity index is 760. The highest BCUT2D eigenvalue weighted by Gasteiger charge is 2.02. The predicted molar refractivity (Wildman–Crippen MR) is 134 cm³/mol. The number of nitrogens with zero attached hydrogens (tertiary/aromatic N) is 2. The molecule has 0 radical (unpaired) electrons. The Kier molecular flexibility index (Phi) is 11.7. The van der Waals surface area contributed by atoms with Crippen molar-refractivity contribution in [3.05, 3.63) is 64.7 Å². The number of benzene rings is 2. The van der Waals surface area contributed by atoms with Crippen molar-refractivity contribution in [2.45, 2.75) is 33.4 Å².